The van der Waals surface area contributed by atoms with Crippen molar-refractivity contribution in [2.75, 3.05) is 18.9 Å². The van der Waals surface area contributed by atoms with E-state index in [2.05, 4.69) is 10.3 Å². The molecule has 1 atom stereocenters. The highest BCUT2D eigenvalue weighted by atomic mass is 16.3. The van der Waals surface area contributed by atoms with Crippen LogP contribution < -0.4 is 11.1 Å². The minimum Gasteiger partial charge on any atom is -0.397 e. The van der Waals surface area contributed by atoms with Gasteiger partial charge in [0, 0.05) is 12.2 Å². The van der Waals surface area contributed by atoms with Crippen LogP contribution in [0.2, 0.25) is 0 Å². The fraction of sp³-hybridized carbons (Fsp3) is 0.400. The summed E-state index contributed by atoms with van der Waals surface area (Å²) in [5.41, 5.74) is 6.59. The predicted molar refractivity (Wildman–Crippen MR) is 58.5 cm³/mol. The van der Waals surface area contributed by atoms with Crippen molar-refractivity contribution < 1.29 is 15.0 Å². The van der Waals surface area contributed by atoms with Gasteiger partial charge in [0.25, 0.3) is 0 Å². The van der Waals surface area contributed by atoms with Crippen LogP contribution in [0.5, 0.6) is 0 Å². The number of carbonyl (C=O) groups is 1. The molecule has 1 aromatic rings. The van der Waals surface area contributed by atoms with Crippen LogP contribution in [0.25, 0.3) is 0 Å². The minimum absolute atomic E-state index is 0.0320. The van der Waals surface area contributed by atoms with Gasteiger partial charge in [0.2, 0.25) is 5.91 Å². The van der Waals surface area contributed by atoms with Gasteiger partial charge in [-0.3, -0.25) is 9.78 Å². The number of nitrogens with two attached hydrogens (primary N) is 1. The number of nitrogens with one attached hydrogen (secondary N) is 1. The number of carbonyl (C=O) groups excluding carboxylic acids is 1. The molecule has 88 valence electrons. The fourth-order valence-electron chi connectivity index (χ4n) is 1.06. The van der Waals surface area contributed by atoms with E-state index >= 15 is 0 Å². The molecule has 0 radical (unpaired) electrons. The van der Waals surface area contributed by atoms with E-state index in [1.807, 2.05) is 0 Å². The first-order valence-corrected chi connectivity index (χ1v) is 4.88. The molecule has 0 aliphatic carbocycles. The largest absolute Gasteiger partial charge is 0.397 e. The number of hydrogen-bond donors (Lipinski definition) is 4. The van der Waals surface area contributed by atoms with Gasteiger partial charge in [0.05, 0.1) is 31.0 Å². The summed E-state index contributed by atoms with van der Waals surface area (Å²) in [5, 5.41) is 20.0. The number of anilines is 1. The van der Waals surface area contributed by atoms with Gasteiger partial charge in [-0.1, -0.05) is 0 Å². The van der Waals surface area contributed by atoms with Crippen molar-refractivity contribution in [2.45, 2.75) is 12.5 Å². The molecule has 0 saturated carbocycles. The molecule has 0 saturated heterocycles. The number of aliphatic hydroxyl groups is 2. The molecule has 0 aliphatic heterocycles. The van der Waals surface area contributed by atoms with Gasteiger partial charge >= 0.3 is 0 Å². The Hall–Kier alpha value is -1.66. The van der Waals surface area contributed by atoms with Crippen molar-refractivity contribution in [3.8, 4) is 0 Å². The first-order valence-electron chi connectivity index (χ1n) is 4.88. The van der Waals surface area contributed by atoms with Crippen LogP contribution in [0.15, 0.2) is 18.3 Å². The summed E-state index contributed by atoms with van der Waals surface area (Å²) < 4.78 is 0. The van der Waals surface area contributed by atoms with E-state index in [0.717, 1.165) is 0 Å². The lowest BCUT2D eigenvalue weighted by atomic mass is 10.2. The zero-order chi connectivity index (χ0) is 12.0. The van der Waals surface area contributed by atoms with Crippen molar-refractivity contribution in [3.63, 3.8) is 0 Å². The Kier molecular flexibility index (Phi) is 4.68. The summed E-state index contributed by atoms with van der Waals surface area (Å²) in [7, 11) is 0. The van der Waals surface area contributed by atoms with Gasteiger partial charge in [-0.2, -0.15) is 0 Å². The lowest BCUT2D eigenvalue weighted by Crippen LogP contribution is -2.34. The average Bonchev–Trinajstić information content (AvgIpc) is 2.29. The van der Waals surface area contributed by atoms with Crippen LogP contribution in [0.1, 0.15) is 5.69 Å². The topological polar surface area (TPSA) is 108 Å². The summed E-state index contributed by atoms with van der Waals surface area (Å²) in [6, 6.07) is 3.33. The summed E-state index contributed by atoms with van der Waals surface area (Å²) in [5.74, 6) is -0.259. The van der Waals surface area contributed by atoms with Crippen LogP contribution >= 0.6 is 0 Å². The molecular formula is C10H15N3O3. The van der Waals surface area contributed by atoms with Crippen molar-refractivity contribution in [1.29, 1.82) is 0 Å². The third-order valence-electron chi connectivity index (χ3n) is 1.93. The number of pyridine rings is 1. The monoisotopic (exact) mass is 225 g/mol. The third kappa shape index (κ3) is 4.24. The minimum atomic E-state index is -0.927. The highest BCUT2D eigenvalue weighted by Crippen LogP contribution is 2.01. The molecule has 1 aromatic heterocycles. The smallest absolute Gasteiger partial charge is 0.226 e. The Morgan fingerprint density at radius 1 is 1.56 bits per heavy atom. The summed E-state index contributed by atoms with van der Waals surface area (Å²) >= 11 is 0. The number of rotatable bonds is 5. The van der Waals surface area contributed by atoms with Gasteiger partial charge in [-0.05, 0) is 12.1 Å². The standard InChI is InChI=1S/C10H15N3O3/c11-7-1-2-8(12-4-7)3-10(16)13-5-9(15)6-14/h1-2,4,9,14-15H,3,5-6,11H2,(H,13,16). The number of nitrogens with zero attached hydrogens (tertiary/aromatic N) is 1. The maximum Gasteiger partial charge on any atom is 0.226 e. The van der Waals surface area contributed by atoms with E-state index in [4.69, 9.17) is 15.9 Å². The average molecular weight is 225 g/mol. The van der Waals surface area contributed by atoms with Crippen molar-refractivity contribution in [1.82, 2.24) is 10.3 Å². The van der Waals surface area contributed by atoms with E-state index in [1.54, 1.807) is 12.1 Å². The molecule has 0 aliphatic rings. The maximum atomic E-state index is 11.3. The fourth-order valence-corrected chi connectivity index (χ4v) is 1.06. The second-order valence-electron chi connectivity index (χ2n) is 3.40. The van der Waals surface area contributed by atoms with Crippen LogP contribution in [-0.4, -0.2) is 40.4 Å². The van der Waals surface area contributed by atoms with Gasteiger partial charge in [-0.15, -0.1) is 0 Å². The summed E-state index contributed by atoms with van der Waals surface area (Å²) in [6.07, 6.45) is 0.673. The van der Waals surface area contributed by atoms with Gasteiger partial charge < -0.3 is 21.3 Å². The van der Waals surface area contributed by atoms with Crippen LogP contribution in [0.4, 0.5) is 5.69 Å². The van der Waals surface area contributed by atoms with E-state index in [0.29, 0.717) is 11.4 Å². The number of aliphatic hydroxyl groups excluding tert-OH is 2. The SMILES string of the molecule is Nc1ccc(CC(=O)NCC(O)CO)nc1. The Bertz CT molecular complexity index is 340. The lowest BCUT2D eigenvalue weighted by molar-refractivity contribution is -0.121. The normalized spacial score (nSPS) is 12.1. The van der Waals surface area contributed by atoms with Gasteiger partial charge in [0.1, 0.15) is 0 Å². The third-order valence-corrected chi connectivity index (χ3v) is 1.93. The molecule has 1 amide bonds. The molecule has 6 nitrogen and oxygen atoms in total. The Labute approximate surface area is 93.1 Å². The first kappa shape index (κ1) is 12.4. The zero-order valence-corrected chi connectivity index (χ0v) is 8.76. The van der Waals surface area contributed by atoms with E-state index < -0.39 is 6.10 Å². The molecule has 0 spiro atoms. The highest BCUT2D eigenvalue weighted by Gasteiger charge is 2.07. The quantitative estimate of drug-likeness (QED) is 0.497. The molecule has 6 heteroatoms. The summed E-state index contributed by atoms with van der Waals surface area (Å²) in [4.78, 5) is 15.3. The second-order valence-corrected chi connectivity index (χ2v) is 3.40. The molecule has 5 N–H and O–H groups in total. The number of hydrogen-bond acceptors (Lipinski definition) is 5. The summed E-state index contributed by atoms with van der Waals surface area (Å²) in [6.45, 7) is -0.343. The molecule has 1 heterocycles. The predicted octanol–water partition coefficient (Wildman–Crippen LogP) is -1.32. The van der Waals surface area contributed by atoms with Crippen LogP contribution in [0.3, 0.4) is 0 Å². The number of amides is 1. The number of aromatic nitrogens is 1. The first-order chi connectivity index (χ1) is 7.61. The molecule has 0 fully saturated rings. The van der Waals surface area contributed by atoms with Crippen LogP contribution in [0, 0.1) is 0 Å². The maximum absolute atomic E-state index is 11.3. The second kappa shape index (κ2) is 6.04. The van der Waals surface area contributed by atoms with Crippen molar-refractivity contribution >= 4 is 11.6 Å². The van der Waals surface area contributed by atoms with Crippen molar-refractivity contribution in [3.05, 3.63) is 24.0 Å². The van der Waals surface area contributed by atoms with Gasteiger partial charge in [-0.25, -0.2) is 0 Å². The van der Waals surface area contributed by atoms with Crippen LogP contribution in [-0.2, 0) is 11.2 Å². The zero-order valence-electron chi connectivity index (χ0n) is 8.76. The van der Waals surface area contributed by atoms with Gasteiger partial charge in [0.15, 0.2) is 0 Å². The van der Waals surface area contributed by atoms with E-state index in [-0.39, 0.29) is 25.5 Å². The number of nitrogen functional groups attached to an aromatic ring is 1. The van der Waals surface area contributed by atoms with E-state index in [9.17, 15) is 4.79 Å². The highest BCUT2D eigenvalue weighted by molar-refractivity contribution is 5.78. The molecule has 0 aromatic carbocycles. The lowest BCUT2D eigenvalue weighted by Gasteiger charge is -2.08. The Morgan fingerprint density at radius 2 is 2.31 bits per heavy atom. The molecule has 1 unspecified atom stereocenters. The Balaban J connectivity index is 2.37. The molecule has 16 heavy (non-hydrogen) atoms. The van der Waals surface area contributed by atoms with E-state index in [1.165, 1.54) is 6.20 Å². The molecule has 0 bridgehead atoms. The molecule has 1 rings (SSSR count). The van der Waals surface area contributed by atoms with Crippen molar-refractivity contribution in [2.24, 2.45) is 0 Å². The Morgan fingerprint density at radius 3 is 2.88 bits per heavy atom. The molecular weight excluding hydrogens is 210 g/mol.